The van der Waals surface area contributed by atoms with Crippen molar-refractivity contribution in [2.24, 2.45) is 0 Å². The van der Waals surface area contributed by atoms with Gasteiger partial charge in [-0.25, -0.2) is 8.78 Å². The summed E-state index contributed by atoms with van der Waals surface area (Å²) in [5, 5.41) is 2.63. The number of benzene rings is 1. The van der Waals surface area contributed by atoms with Crippen LogP contribution in [0.5, 0.6) is 5.75 Å². The molecular formula is C11H14F2N2O2. The molecule has 0 spiro atoms. The van der Waals surface area contributed by atoms with Gasteiger partial charge in [-0.15, -0.1) is 0 Å². The van der Waals surface area contributed by atoms with Crippen molar-refractivity contribution in [3.63, 3.8) is 0 Å². The molecule has 0 unspecified atom stereocenters. The summed E-state index contributed by atoms with van der Waals surface area (Å²) in [6.07, 6.45) is 0. The molecule has 0 radical (unpaired) electrons. The predicted molar refractivity (Wildman–Crippen MR) is 60.1 cm³/mol. The van der Waals surface area contributed by atoms with Crippen LogP contribution in [0.3, 0.4) is 0 Å². The van der Waals surface area contributed by atoms with Gasteiger partial charge in [-0.1, -0.05) is 0 Å². The standard InChI is InChI=1S/C11H14F2N2O2/c1-15(2)10(16)6-14-9-5-7(12)4-8(13)11(9)17-3/h4-5,14H,6H2,1-3H3. The molecule has 6 heteroatoms. The van der Waals surface area contributed by atoms with Gasteiger partial charge in [0, 0.05) is 26.2 Å². The molecule has 0 aliphatic rings. The first kappa shape index (κ1) is 13.2. The fourth-order valence-corrected chi connectivity index (χ4v) is 1.23. The number of methoxy groups -OCH3 is 1. The summed E-state index contributed by atoms with van der Waals surface area (Å²) in [6, 6.07) is 1.79. The van der Waals surface area contributed by atoms with E-state index in [1.807, 2.05) is 0 Å². The zero-order valence-electron chi connectivity index (χ0n) is 9.88. The summed E-state index contributed by atoms with van der Waals surface area (Å²) in [5.41, 5.74) is 0.111. The SMILES string of the molecule is COc1c(F)cc(F)cc1NCC(=O)N(C)C. The fraction of sp³-hybridized carbons (Fsp3) is 0.364. The third kappa shape index (κ3) is 3.30. The molecule has 0 aliphatic heterocycles. The predicted octanol–water partition coefficient (Wildman–Crippen LogP) is 1.47. The third-order valence-corrected chi connectivity index (χ3v) is 2.14. The highest BCUT2D eigenvalue weighted by molar-refractivity contribution is 5.81. The minimum absolute atomic E-state index is 0.0632. The number of nitrogens with one attached hydrogen (secondary N) is 1. The zero-order valence-corrected chi connectivity index (χ0v) is 9.88. The van der Waals surface area contributed by atoms with Gasteiger partial charge in [-0.2, -0.15) is 0 Å². The molecule has 4 nitrogen and oxygen atoms in total. The van der Waals surface area contributed by atoms with Crippen molar-refractivity contribution in [1.82, 2.24) is 4.90 Å². The number of nitrogens with zero attached hydrogens (tertiary/aromatic N) is 1. The molecule has 1 aromatic rings. The molecule has 1 N–H and O–H groups in total. The van der Waals surface area contributed by atoms with Crippen molar-refractivity contribution in [3.8, 4) is 5.75 Å². The first-order valence-corrected chi connectivity index (χ1v) is 4.92. The van der Waals surface area contributed by atoms with E-state index >= 15 is 0 Å². The lowest BCUT2D eigenvalue weighted by Crippen LogP contribution is -2.28. The van der Waals surface area contributed by atoms with E-state index < -0.39 is 11.6 Å². The van der Waals surface area contributed by atoms with Crippen LogP contribution in [0.15, 0.2) is 12.1 Å². The molecule has 1 amide bonds. The number of amides is 1. The molecule has 0 aliphatic carbocycles. The van der Waals surface area contributed by atoms with Gasteiger partial charge in [0.15, 0.2) is 11.6 Å². The number of carbonyl (C=O) groups is 1. The van der Waals surface area contributed by atoms with Crippen LogP contribution in [-0.2, 0) is 4.79 Å². The van der Waals surface area contributed by atoms with Gasteiger partial charge in [0.25, 0.3) is 0 Å². The summed E-state index contributed by atoms with van der Waals surface area (Å²) in [5.74, 6) is -1.87. The second-order valence-electron chi connectivity index (χ2n) is 3.61. The number of ether oxygens (including phenoxy) is 1. The molecule has 0 bridgehead atoms. The maximum Gasteiger partial charge on any atom is 0.241 e. The first-order valence-electron chi connectivity index (χ1n) is 4.92. The number of anilines is 1. The summed E-state index contributed by atoms with van der Waals surface area (Å²) in [4.78, 5) is 12.7. The molecule has 0 saturated heterocycles. The quantitative estimate of drug-likeness (QED) is 0.872. The van der Waals surface area contributed by atoms with Crippen LogP contribution in [-0.4, -0.2) is 38.6 Å². The lowest BCUT2D eigenvalue weighted by Gasteiger charge is -2.14. The Hall–Kier alpha value is -1.85. The van der Waals surface area contributed by atoms with E-state index in [2.05, 4.69) is 5.32 Å². The van der Waals surface area contributed by atoms with Gasteiger partial charge < -0.3 is 15.0 Å². The van der Waals surface area contributed by atoms with E-state index in [1.54, 1.807) is 14.1 Å². The fourth-order valence-electron chi connectivity index (χ4n) is 1.23. The van der Waals surface area contributed by atoms with Gasteiger partial charge >= 0.3 is 0 Å². The van der Waals surface area contributed by atoms with Crippen molar-refractivity contribution >= 4 is 11.6 Å². The Morgan fingerprint density at radius 2 is 2.06 bits per heavy atom. The van der Waals surface area contributed by atoms with Crippen molar-refractivity contribution in [3.05, 3.63) is 23.8 Å². The smallest absolute Gasteiger partial charge is 0.241 e. The molecule has 94 valence electrons. The molecule has 1 rings (SSSR count). The third-order valence-electron chi connectivity index (χ3n) is 2.14. The Morgan fingerprint density at radius 1 is 1.41 bits per heavy atom. The van der Waals surface area contributed by atoms with E-state index in [0.717, 1.165) is 12.1 Å². The van der Waals surface area contributed by atoms with Crippen LogP contribution in [0.2, 0.25) is 0 Å². The highest BCUT2D eigenvalue weighted by atomic mass is 19.1. The molecule has 0 aromatic heterocycles. The van der Waals surface area contributed by atoms with Gasteiger partial charge in [0.2, 0.25) is 5.91 Å². The lowest BCUT2D eigenvalue weighted by molar-refractivity contribution is -0.126. The molecule has 0 atom stereocenters. The zero-order chi connectivity index (χ0) is 13.0. The Morgan fingerprint density at radius 3 is 2.59 bits per heavy atom. The monoisotopic (exact) mass is 244 g/mol. The summed E-state index contributed by atoms with van der Waals surface area (Å²) >= 11 is 0. The number of rotatable bonds is 4. The average Bonchev–Trinajstić information content (AvgIpc) is 2.24. The van der Waals surface area contributed by atoms with Crippen LogP contribution >= 0.6 is 0 Å². The second kappa shape index (κ2) is 5.47. The van der Waals surface area contributed by atoms with E-state index in [9.17, 15) is 13.6 Å². The van der Waals surface area contributed by atoms with Crippen LogP contribution < -0.4 is 10.1 Å². The Labute approximate surface area is 98.2 Å². The maximum atomic E-state index is 13.3. The van der Waals surface area contributed by atoms with Crippen molar-refractivity contribution in [1.29, 1.82) is 0 Å². The van der Waals surface area contributed by atoms with Gasteiger partial charge in [0.05, 0.1) is 19.3 Å². The largest absolute Gasteiger partial charge is 0.492 e. The van der Waals surface area contributed by atoms with Crippen LogP contribution in [0.25, 0.3) is 0 Å². The number of carbonyl (C=O) groups excluding carboxylic acids is 1. The number of likely N-dealkylation sites (N-methyl/N-ethyl adjacent to an activating group) is 1. The number of hydrogen-bond acceptors (Lipinski definition) is 3. The number of hydrogen-bond donors (Lipinski definition) is 1. The van der Waals surface area contributed by atoms with Crippen LogP contribution in [0, 0.1) is 11.6 Å². The summed E-state index contributed by atoms with van der Waals surface area (Å²) in [6.45, 7) is -0.0632. The van der Waals surface area contributed by atoms with Crippen molar-refractivity contribution in [2.75, 3.05) is 33.1 Å². The Kier molecular flexibility index (Phi) is 4.25. The Bertz CT molecular complexity index is 422. The summed E-state index contributed by atoms with van der Waals surface area (Å²) in [7, 11) is 4.45. The molecule has 0 heterocycles. The van der Waals surface area contributed by atoms with E-state index in [-0.39, 0.29) is 23.9 Å². The highest BCUT2D eigenvalue weighted by Crippen LogP contribution is 2.28. The van der Waals surface area contributed by atoms with E-state index in [1.165, 1.54) is 12.0 Å². The normalized spacial score (nSPS) is 9.94. The minimum atomic E-state index is -0.813. The minimum Gasteiger partial charge on any atom is -0.492 e. The van der Waals surface area contributed by atoms with E-state index in [4.69, 9.17) is 4.74 Å². The van der Waals surface area contributed by atoms with Crippen molar-refractivity contribution in [2.45, 2.75) is 0 Å². The van der Waals surface area contributed by atoms with Crippen molar-refractivity contribution < 1.29 is 18.3 Å². The average molecular weight is 244 g/mol. The maximum absolute atomic E-state index is 13.3. The van der Waals surface area contributed by atoms with Crippen LogP contribution in [0.1, 0.15) is 0 Å². The van der Waals surface area contributed by atoms with Crippen LogP contribution in [0.4, 0.5) is 14.5 Å². The van der Waals surface area contributed by atoms with Gasteiger partial charge in [-0.05, 0) is 0 Å². The Balaban J connectivity index is 2.86. The molecule has 0 saturated carbocycles. The highest BCUT2D eigenvalue weighted by Gasteiger charge is 2.13. The lowest BCUT2D eigenvalue weighted by atomic mass is 10.2. The first-order chi connectivity index (χ1) is 7.95. The van der Waals surface area contributed by atoms with Gasteiger partial charge in [0.1, 0.15) is 5.82 Å². The molecular weight excluding hydrogens is 230 g/mol. The van der Waals surface area contributed by atoms with E-state index in [0.29, 0.717) is 0 Å². The van der Waals surface area contributed by atoms with Gasteiger partial charge in [-0.3, -0.25) is 4.79 Å². The summed E-state index contributed by atoms with van der Waals surface area (Å²) < 4.78 is 31.1. The number of halogens is 2. The molecule has 1 aromatic carbocycles. The molecule has 17 heavy (non-hydrogen) atoms. The second-order valence-corrected chi connectivity index (χ2v) is 3.61. The molecule has 0 fully saturated rings. The topological polar surface area (TPSA) is 41.6 Å².